The number of halogens is 1. The SMILES string of the molecule is COc1cnccc1C(=O)N1CCCC(CBr)C1. The Labute approximate surface area is 115 Å². The molecular weight excluding hydrogens is 296 g/mol. The summed E-state index contributed by atoms with van der Waals surface area (Å²) in [5.41, 5.74) is 0.600. The monoisotopic (exact) mass is 312 g/mol. The van der Waals surface area contributed by atoms with Gasteiger partial charge in [-0.3, -0.25) is 9.78 Å². The zero-order chi connectivity index (χ0) is 13.0. The summed E-state index contributed by atoms with van der Waals surface area (Å²) in [6, 6.07) is 1.72. The average molecular weight is 313 g/mol. The molecule has 4 nitrogen and oxygen atoms in total. The minimum atomic E-state index is 0.0416. The number of aromatic nitrogens is 1. The predicted octanol–water partition coefficient (Wildman–Crippen LogP) is 2.34. The second-order valence-corrected chi connectivity index (χ2v) is 5.14. The van der Waals surface area contributed by atoms with Gasteiger partial charge in [-0.05, 0) is 24.8 Å². The second-order valence-electron chi connectivity index (χ2n) is 4.49. The van der Waals surface area contributed by atoms with Gasteiger partial charge in [0.05, 0.1) is 18.9 Å². The van der Waals surface area contributed by atoms with E-state index in [1.807, 2.05) is 4.90 Å². The molecule has 18 heavy (non-hydrogen) atoms. The van der Waals surface area contributed by atoms with Crippen molar-refractivity contribution in [3.63, 3.8) is 0 Å². The van der Waals surface area contributed by atoms with Gasteiger partial charge in [-0.25, -0.2) is 0 Å². The highest BCUT2D eigenvalue weighted by atomic mass is 79.9. The molecule has 5 heteroatoms. The first-order valence-corrected chi connectivity index (χ1v) is 7.21. The molecule has 2 heterocycles. The maximum absolute atomic E-state index is 12.4. The van der Waals surface area contributed by atoms with Gasteiger partial charge in [-0.15, -0.1) is 0 Å². The van der Waals surface area contributed by atoms with E-state index < -0.39 is 0 Å². The van der Waals surface area contributed by atoms with Gasteiger partial charge in [0, 0.05) is 24.6 Å². The minimum Gasteiger partial charge on any atom is -0.494 e. The van der Waals surface area contributed by atoms with Crippen LogP contribution in [0, 0.1) is 5.92 Å². The lowest BCUT2D eigenvalue weighted by Crippen LogP contribution is -2.40. The summed E-state index contributed by atoms with van der Waals surface area (Å²) >= 11 is 3.50. The molecule has 1 amide bonds. The van der Waals surface area contributed by atoms with E-state index in [2.05, 4.69) is 20.9 Å². The summed E-state index contributed by atoms with van der Waals surface area (Å²) in [7, 11) is 1.56. The molecule has 0 aliphatic carbocycles. The first-order chi connectivity index (χ1) is 8.76. The fourth-order valence-electron chi connectivity index (χ4n) is 2.27. The highest BCUT2D eigenvalue weighted by molar-refractivity contribution is 9.09. The number of ether oxygens (including phenoxy) is 1. The summed E-state index contributed by atoms with van der Waals surface area (Å²) in [6.07, 6.45) is 5.46. The maximum Gasteiger partial charge on any atom is 0.257 e. The summed E-state index contributed by atoms with van der Waals surface area (Å²) in [6.45, 7) is 1.64. The molecule has 1 aliphatic heterocycles. The van der Waals surface area contributed by atoms with Crippen molar-refractivity contribution in [1.29, 1.82) is 0 Å². The molecule has 0 bridgehead atoms. The van der Waals surface area contributed by atoms with Crippen LogP contribution in [-0.2, 0) is 0 Å². The smallest absolute Gasteiger partial charge is 0.257 e. The third kappa shape index (κ3) is 2.83. The Morgan fingerprint density at radius 1 is 1.67 bits per heavy atom. The van der Waals surface area contributed by atoms with Gasteiger partial charge in [-0.2, -0.15) is 0 Å². The number of pyridine rings is 1. The normalized spacial score (nSPS) is 19.7. The average Bonchev–Trinajstić information content (AvgIpc) is 2.46. The highest BCUT2D eigenvalue weighted by Crippen LogP contribution is 2.23. The van der Waals surface area contributed by atoms with E-state index in [0.29, 0.717) is 17.2 Å². The summed E-state index contributed by atoms with van der Waals surface area (Å²) in [5, 5.41) is 0.949. The molecule has 0 N–H and O–H groups in total. The number of amides is 1. The molecule has 0 spiro atoms. The van der Waals surface area contributed by atoms with Crippen molar-refractivity contribution in [1.82, 2.24) is 9.88 Å². The van der Waals surface area contributed by atoms with Gasteiger partial charge in [0.2, 0.25) is 0 Å². The van der Waals surface area contributed by atoms with Gasteiger partial charge < -0.3 is 9.64 Å². The topological polar surface area (TPSA) is 42.4 Å². The van der Waals surface area contributed by atoms with Crippen LogP contribution in [0.15, 0.2) is 18.5 Å². The maximum atomic E-state index is 12.4. The Hall–Kier alpha value is -1.10. The van der Waals surface area contributed by atoms with Crippen molar-refractivity contribution in [2.24, 2.45) is 5.92 Å². The number of nitrogens with zero attached hydrogens (tertiary/aromatic N) is 2. The fourth-order valence-corrected chi connectivity index (χ4v) is 2.79. The number of hydrogen-bond donors (Lipinski definition) is 0. The number of carbonyl (C=O) groups is 1. The number of alkyl halides is 1. The van der Waals surface area contributed by atoms with E-state index in [1.54, 1.807) is 25.6 Å². The number of methoxy groups -OCH3 is 1. The fraction of sp³-hybridized carbons (Fsp3) is 0.538. The Balaban J connectivity index is 2.15. The number of hydrogen-bond acceptors (Lipinski definition) is 3. The lowest BCUT2D eigenvalue weighted by molar-refractivity contribution is 0.0682. The molecule has 98 valence electrons. The van der Waals surface area contributed by atoms with E-state index in [9.17, 15) is 4.79 Å². The zero-order valence-corrected chi connectivity index (χ0v) is 12.0. The quantitative estimate of drug-likeness (QED) is 0.805. The first kappa shape index (κ1) is 13.3. The summed E-state index contributed by atoms with van der Waals surface area (Å²) in [4.78, 5) is 18.3. The second kappa shape index (κ2) is 6.18. The molecule has 1 fully saturated rings. The van der Waals surface area contributed by atoms with E-state index in [0.717, 1.165) is 24.8 Å². The highest BCUT2D eigenvalue weighted by Gasteiger charge is 2.25. The zero-order valence-electron chi connectivity index (χ0n) is 10.4. The Morgan fingerprint density at radius 3 is 3.22 bits per heavy atom. The van der Waals surface area contributed by atoms with Crippen LogP contribution in [-0.4, -0.2) is 41.3 Å². The van der Waals surface area contributed by atoms with Crippen LogP contribution in [0.25, 0.3) is 0 Å². The van der Waals surface area contributed by atoms with Crippen molar-refractivity contribution >= 4 is 21.8 Å². The molecule has 1 atom stereocenters. The number of rotatable bonds is 3. The molecule has 2 rings (SSSR count). The molecule has 1 aliphatic rings. The Kier molecular flexibility index (Phi) is 4.58. The van der Waals surface area contributed by atoms with Gasteiger partial charge in [0.1, 0.15) is 5.75 Å². The summed E-state index contributed by atoms with van der Waals surface area (Å²) < 4.78 is 5.19. The number of carbonyl (C=O) groups excluding carboxylic acids is 1. The lowest BCUT2D eigenvalue weighted by Gasteiger charge is -2.32. The van der Waals surface area contributed by atoms with Gasteiger partial charge in [0.25, 0.3) is 5.91 Å². The molecule has 1 saturated heterocycles. The Bertz CT molecular complexity index is 425. The van der Waals surface area contributed by atoms with Crippen LogP contribution in [0.4, 0.5) is 0 Å². The molecule has 0 aromatic carbocycles. The molecular formula is C13H17BrN2O2. The third-order valence-electron chi connectivity index (χ3n) is 3.26. The van der Waals surface area contributed by atoms with Crippen LogP contribution in [0.2, 0.25) is 0 Å². The van der Waals surface area contributed by atoms with Crippen molar-refractivity contribution in [3.05, 3.63) is 24.0 Å². The summed E-state index contributed by atoms with van der Waals surface area (Å²) in [5.74, 6) is 1.14. The van der Waals surface area contributed by atoms with Gasteiger partial charge in [-0.1, -0.05) is 15.9 Å². The van der Waals surface area contributed by atoms with Gasteiger partial charge >= 0.3 is 0 Å². The van der Waals surface area contributed by atoms with Gasteiger partial charge in [0.15, 0.2) is 0 Å². The molecule has 1 aromatic heterocycles. The van der Waals surface area contributed by atoms with E-state index >= 15 is 0 Å². The molecule has 1 unspecified atom stereocenters. The third-order valence-corrected chi connectivity index (χ3v) is 4.17. The van der Waals surface area contributed by atoms with Crippen molar-refractivity contribution in [2.45, 2.75) is 12.8 Å². The number of likely N-dealkylation sites (tertiary alicyclic amines) is 1. The van der Waals surface area contributed by atoms with Crippen LogP contribution in [0.1, 0.15) is 23.2 Å². The number of piperidine rings is 1. The molecule has 0 radical (unpaired) electrons. The lowest BCUT2D eigenvalue weighted by atomic mass is 9.99. The molecule has 1 aromatic rings. The van der Waals surface area contributed by atoms with Crippen LogP contribution in [0.3, 0.4) is 0 Å². The van der Waals surface area contributed by atoms with Crippen LogP contribution >= 0.6 is 15.9 Å². The Morgan fingerprint density at radius 2 is 2.50 bits per heavy atom. The molecule has 0 saturated carbocycles. The largest absolute Gasteiger partial charge is 0.494 e. The predicted molar refractivity (Wildman–Crippen MR) is 73.2 cm³/mol. The standard InChI is InChI=1S/C13H17BrN2O2/c1-18-12-8-15-5-4-11(12)13(17)16-6-2-3-10(7-14)9-16/h4-5,8,10H,2-3,6-7,9H2,1H3. The van der Waals surface area contributed by atoms with E-state index in [1.165, 1.54) is 6.42 Å². The van der Waals surface area contributed by atoms with Crippen molar-refractivity contribution in [2.75, 3.05) is 25.5 Å². The first-order valence-electron chi connectivity index (χ1n) is 6.09. The minimum absolute atomic E-state index is 0.0416. The van der Waals surface area contributed by atoms with Crippen LogP contribution in [0.5, 0.6) is 5.75 Å². The van der Waals surface area contributed by atoms with E-state index in [4.69, 9.17) is 4.74 Å². The van der Waals surface area contributed by atoms with E-state index in [-0.39, 0.29) is 5.91 Å². The van der Waals surface area contributed by atoms with Crippen LogP contribution < -0.4 is 4.74 Å². The van der Waals surface area contributed by atoms with Crippen molar-refractivity contribution in [3.8, 4) is 5.75 Å². The van der Waals surface area contributed by atoms with Crippen molar-refractivity contribution < 1.29 is 9.53 Å².